The highest BCUT2D eigenvalue weighted by atomic mass is 16.5. The number of rotatable bonds is 7. The van der Waals surface area contributed by atoms with Gasteiger partial charge in [-0.1, -0.05) is 61.7 Å². The van der Waals surface area contributed by atoms with Crippen molar-refractivity contribution < 1.29 is 9.53 Å². The van der Waals surface area contributed by atoms with Gasteiger partial charge in [0.05, 0.1) is 12.2 Å². The van der Waals surface area contributed by atoms with Crippen molar-refractivity contribution in [2.24, 2.45) is 0 Å². The van der Waals surface area contributed by atoms with Crippen molar-refractivity contribution in [3.05, 3.63) is 65.2 Å². The molecule has 0 spiro atoms. The molecule has 0 amide bonds. The van der Waals surface area contributed by atoms with Gasteiger partial charge in [-0.2, -0.15) is 0 Å². The summed E-state index contributed by atoms with van der Waals surface area (Å²) in [5, 5.41) is 0. The van der Waals surface area contributed by atoms with Gasteiger partial charge < -0.3 is 4.74 Å². The summed E-state index contributed by atoms with van der Waals surface area (Å²) in [5.74, 6) is 0.704. The second-order valence-corrected chi connectivity index (χ2v) is 5.25. The highest BCUT2D eigenvalue weighted by molar-refractivity contribution is 6.10. The van der Waals surface area contributed by atoms with E-state index in [4.69, 9.17) is 4.74 Å². The lowest BCUT2D eigenvalue weighted by atomic mass is 10.0. The van der Waals surface area contributed by atoms with Gasteiger partial charge in [-0.15, -0.1) is 0 Å². The predicted molar refractivity (Wildman–Crippen MR) is 86.1 cm³/mol. The van der Waals surface area contributed by atoms with Crippen LogP contribution in [0.25, 0.3) is 0 Å². The monoisotopic (exact) mass is 282 g/mol. The van der Waals surface area contributed by atoms with Gasteiger partial charge in [0.1, 0.15) is 5.75 Å². The van der Waals surface area contributed by atoms with E-state index in [1.165, 1.54) is 0 Å². The van der Waals surface area contributed by atoms with Crippen LogP contribution in [0.4, 0.5) is 0 Å². The van der Waals surface area contributed by atoms with Crippen LogP contribution in [-0.4, -0.2) is 12.4 Å². The zero-order chi connectivity index (χ0) is 15.1. The van der Waals surface area contributed by atoms with E-state index in [2.05, 4.69) is 6.92 Å². The third kappa shape index (κ3) is 4.19. The largest absolute Gasteiger partial charge is 0.493 e. The molecule has 0 atom stereocenters. The summed E-state index contributed by atoms with van der Waals surface area (Å²) in [5.41, 5.74) is 2.41. The minimum Gasteiger partial charge on any atom is -0.493 e. The maximum atomic E-state index is 12.6. The molecule has 0 N–H and O–H groups in total. The van der Waals surface area contributed by atoms with Crippen LogP contribution in [0.3, 0.4) is 0 Å². The van der Waals surface area contributed by atoms with Crippen LogP contribution < -0.4 is 4.74 Å². The fourth-order valence-electron chi connectivity index (χ4n) is 2.23. The molecule has 0 saturated heterocycles. The Bertz CT molecular complexity index is 588. The number of ether oxygens (including phenoxy) is 1. The van der Waals surface area contributed by atoms with Crippen LogP contribution in [0, 0.1) is 6.92 Å². The summed E-state index contributed by atoms with van der Waals surface area (Å²) in [6.45, 7) is 4.81. The topological polar surface area (TPSA) is 26.3 Å². The van der Waals surface area contributed by atoms with Gasteiger partial charge >= 0.3 is 0 Å². The van der Waals surface area contributed by atoms with Crippen molar-refractivity contribution in [3.63, 3.8) is 0 Å². The smallest absolute Gasteiger partial charge is 0.196 e. The molecule has 2 heteroatoms. The summed E-state index contributed by atoms with van der Waals surface area (Å²) in [4.78, 5) is 12.6. The molecule has 0 bridgehead atoms. The molecule has 0 heterocycles. The van der Waals surface area contributed by atoms with Crippen LogP contribution in [0.1, 0.15) is 47.7 Å². The molecule has 2 aromatic rings. The molecule has 0 saturated carbocycles. The van der Waals surface area contributed by atoms with E-state index in [9.17, 15) is 4.79 Å². The van der Waals surface area contributed by atoms with Crippen LogP contribution >= 0.6 is 0 Å². The first kappa shape index (κ1) is 15.3. The van der Waals surface area contributed by atoms with Gasteiger partial charge in [-0.3, -0.25) is 4.79 Å². The standard InChI is InChI=1S/C19H22O2/c1-3-4-8-13-21-18-12-11-15(2)14-17(18)19(20)16-9-6-5-7-10-16/h5-7,9-12,14H,3-4,8,13H2,1-2H3. The van der Waals surface area contributed by atoms with E-state index in [-0.39, 0.29) is 5.78 Å². The molecular formula is C19H22O2. The lowest BCUT2D eigenvalue weighted by Crippen LogP contribution is -2.07. The highest BCUT2D eigenvalue weighted by Gasteiger charge is 2.14. The average Bonchev–Trinajstić information content (AvgIpc) is 2.53. The molecule has 21 heavy (non-hydrogen) atoms. The number of hydrogen-bond donors (Lipinski definition) is 0. The zero-order valence-electron chi connectivity index (χ0n) is 12.8. The maximum Gasteiger partial charge on any atom is 0.196 e. The lowest BCUT2D eigenvalue weighted by Gasteiger charge is -2.11. The summed E-state index contributed by atoms with van der Waals surface area (Å²) in [6.07, 6.45) is 3.32. The molecule has 2 rings (SSSR count). The second-order valence-electron chi connectivity index (χ2n) is 5.25. The first-order chi connectivity index (χ1) is 10.2. The first-order valence-corrected chi connectivity index (χ1v) is 7.55. The minimum absolute atomic E-state index is 0.0183. The zero-order valence-corrected chi connectivity index (χ0v) is 12.8. The Morgan fingerprint density at radius 2 is 1.81 bits per heavy atom. The normalized spacial score (nSPS) is 10.4. The van der Waals surface area contributed by atoms with Crippen molar-refractivity contribution in [2.75, 3.05) is 6.61 Å². The fourth-order valence-corrected chi connectivity index (χ4v) is 2.23. The molecule has 110 valence electrons. The molecule has 0 aliphatic carbocycles. The van der Waals surface area contributed by atoms with E-state index in [1.807, 2.05) is 55.5 Å². The second kappa shape index (κ2) is 7.63. The molecule has 0 unspecified atom stereocenters. The summed E-state index contributed by atoms with van der Waals surface area (Å²) in [6, 6.07) is 15.1. The number of unbranched alkanes of at least 4 members (excludes halogenated alkanes) is 2. The van der Waals surface area contributed by atoms with E-state index < -0.39 is 0 Å². The van der Waals surface area contributed by atoms with Crippen molar-refractivity contribution in [1.29, 1.82) is 0 Å². The molecule has 0 radical (unpaired) electrons. The van der Waals surface area contributed by atoms with E-state index in [1.54, 1.807) is 0 Å². The Balaban J connectivity index is 2.21. The molecule has 0 aliphatic rings. The highest BCUT2D eigenvalue weighted by Crippen LogP contribution is 2.23. The van der Waals surface area contributed by atoms with Gasteiger partial charge in [0, 0.05) is 5.56 Å². The number of carbonyl (C=O) groups excluding carboxylic acids is 1. The number of aryl methyl sites for hydroxylation is 1. The summed E-state index contributed by atoms with van der Waals surface area (Å²) in [7, 11) is 0. The van der Waals surface area contributed by atoms with Gasteiger partial charge in [0.2, 0.25) is 0 Å². The molecule has 0 fully saturated rings. The summed E-state index contributed by atoms with van der Waals surface area (Å²) < 4.78 is 5.82. The lowest BCUT2D eigenvalue weighted by molar-refractivity contribution is 0.103. The molecule has 2 nitrogen and oxygen atoms in total. The Kier molecular flexibility index (Phi) is 5.56. The van der Waals surface area contributed by atoms with Crippen molar-refractivity contribution in [3.8, 4) is 5.75 Å². The van der Waals surface area contributed by atoms with Gasteiger partial charge in [0.25, 0.3) is 0 Å². The summed E-state index contributed by atoms with van der Waals surface area (Å²) >= 11 is 0. The Morgan fingerprint density at radius 3 is 2.52 bits per heavy atom. The third-order valence-corrected chi connectivity index (χ3v) is 3.42. The Morgan fingerprint density at radius 1 is 1.05 bits per heavy atom. The van der Waals surface area contributed by atoms with Crippen LogP contribution in [-0.2, 0) is 0 Å². The van der Waals surface area contributed by atoms with E-state index in [0.29, 0.717) is 23.5 Å². The Labute approximate surface area is 126 Å². The fraction of sp³-hybridized carbons (Fsp3) is 0.316. The SMILES string of the molecule is CCCCCOc1ccc(C)cc1C(=O)c1ccccc1. The van der Waals surface area contributed by atoms with Crippen molar-refractivity contribution in [1.82, 2.24) is 0 Å². The number of ketones is 1. The molecule has 0 aliphatic heterocycles. The van der Waals surface area contributed by atoms with Crippen LogP contribution in [0.15, 0.2) is 48.5 Å². The van der Waals surface area contributed by atoms with Gasteiger partial charge in [-0.05, 0) is 25.5 Å². The molecule has 2 aromatic carbocycles. The molecular weight excluding hydrogens is 260 g/mol. The van der Waals surface area contributed by atoms with Crippen LogP contribution in [0.2, 0.25) is 0 Å². The van der Waals surface area contributed by atoms with Crippen molar-refractivity contribution in [2.45, 2.75) is 33.1 Å². The maximum absolute atomic E-state index is 12.6. The minimum atomic E-state index is 0.0183. The van der Waals surface area contributed by atoms with Gasteiger partial charge in [0.15, 0.2) is 5.78 Å². The first-order valence-electron chi connectivity index (χ1n) is 7.55. The third-order valence-electron chi connectivity index (χ3n) is 3.42. The number of benzene rings is 2. The predicted octanol–water partition coefficient (Wildman–Crippen LogP) is 4.80. The average molecular weight is 282 g/mol. The number of carbonyl (C=O) groups is 1. The van der Waals surface area contributed by atoms with E-state index >= 15 is 0 Å². The van der Waals surface area contributed by atoms with Crippen molar-refractivity contribution >= 4 is 5.78 Å². The quantitative estimate of drug-likeness (QED) is 0.539. The van der Waals surface area contributed by atoms with E-state index in [0.717, 1.165) is 24.8 Å². The Hall–Kier alpha value is -2.09. The molecule has 0 aromatic heterocycles. The number of hydrogen-bond acceptors (Lipinski definition) is 2. The van der Waals surface area contributed by atoms with Gasteiger partial charge in [-0.25, -0.2) is 0 Å². The van der Waals surface area contributed by atoms with Crippen LogP contribution in [0.5, 0.6) is 5.75 Å².